The number of carbonyl (C=O) groups is 2. The lowest BCUT2D eigenvalue weighted by molar-refractivity contribution is -0.166. The highest BCUT2D eigenvalue weighted by Crippen LogP contribution is 2.63. The number of esters is 2. The molecule has 0 unspecified atom stereocenters. The number of hydrogen-bond acceptors (Lipinski definition) is 5. The Balaban J connectivity index is 3.14. The van der Waals surface area contributed by atoms with E-state index in [0.29, 0.717) is 12.8 Å². The van der Waals surface area contributed by atoms with Crippen LogP contribution in [0.3, 0.4) is 0 Å². The molecular weight excluding hydrogens is 272 g/mol. The summed E-state index contributed by atoms with van der Waals surface area (Å²) >= 11 is 6.39. The van der Waals surface area contributed by atoms with E-state index in [2.05, 4.69) is 0 Å². The second-order valence-electron chi connectivity index (χ2n) is 5.17. The van der Waals surface area contributed by atoms with E-state index in [1.54, 1.807) is 6.92 Å². The van der Waals surface area contributed by atoms with Crippen LogP contribution in [0.4, 0.5) is 0 Å². The average molecular weight is 293 g/mol. The predicted molar refractivity (Wildman–Crippen MR) is 69.7 cm³/mol. The molecule has 19 heavy (non-hydrogen) atoms. The Kier molecular flexibility index (Phi) is 4.85. The van der Waals surface area contributed by atoms with Crippen LogP contribution in [0.15, 0.2) is 0 Å². The van der Waals surface area contributed by atoms with E-state index >= 15 is 0 Å². The summed E-state index contributed by atoms with van der Waals surface area (Å²) in [7, 11) is 1.19. The van der Waals surface area contributed by atoms with Gasteiger partial charge in [0.1, 0.15) is 0 Å². The normalized spacial score (nSPS) is 21.4. The van der Waals surface area contributed by atoms with Crippen molar-refractivity contribution in [1.82, 2.24) is 0 Å². The largest absolute Gasteiger partial charge is 0.468 e. The Hall–Kier alpha value is -0.810. The first-order valence-corrected chi connectivity index (χ1v) is 6.77. The molecule has 0 radical (unpaired) electrons. The van der Waals surface area contributed by atoms with Gasteiger partial charge in [-0.05, 0) is 25.7 Å². The minimum Gasteiger partial charge on any atom is -0.468 e. The third kappa shape index (κ3) is 2.46. The number of alkyl halides is 1. The molecule has 0 spiro atoms. The summed E-state index contributed by atoms with van der Waals surface area (Å²) in [5, 5.41) is 10.2. The highest BCUT2D eigenvalue weighted by molar-refractivity contribution is 6.37. The maximum Gasteiger partial charge on any atom is 0.337 e. The van der Waals surface area contributed by atoms with E-state index in [0.717, 1.165) is 0 Å². The van der Waals surface area contributed by atoms with Gasteiger partial charge >= 0.3 is 11.9 Å². The number of aliphatic hydroxyl groups excluding tert-OH is 1. The van der Waals surface area contributed by atoms with Crippen LogP contribution in [0.25, 0.3) is 0 Å². The fourth-order valence-corrected chi connectivity index (χ4v) is 3.19. The van der Waals surface area contributed by atoms with Crippen molar-refractivity contribution >= 4 is 23.5 Å². The van der Waals surface area contributed by atoms with E-state index in [4.69, 9.17) is 21.1 Å². The monoisotopic (exact) mass is 292 g/mol. The quantitative estimate of drug-likeness (QED) is 0.593. The number of rotatable bonds is 6. The predicted octanol–water partition coefficient (Wildman–Crippen LogP) is 1.50. The maximum absolute atomic E-state index is 12.1. The lowest BCUT2D eigenvalue weighted by atomic mass is 9.75. The second-order valence-corrected chi connectivity index (χ2v) is 5.76. The molecule has 0 aliphatic heterocycles. The summed E-state index contributed by atoms with van der Waals surface area (Å²) in [6, 6.07) is 0. The van der Waals surface area contributed by atoms with Gasteiger partial charge in [0.05, 0.1) is 13.7 Å². The van der Waals surface area contributed by atoms with E-state index in [-0.39, 0.29) is 12.5 Å². The minimum absolute atomic E-state index is 0.0353. The van der Waals surface area contributed by atoms with Crippen molar-refractivity contribution in [2.75, 3.05) is 13.7 Å². The fourth-order valence-electron chi connectivity index (χ4n) is 2.62. The molecule has 0 heterocycles. The van der Waals surface area contributed by atoms with E-state index < -0.39 is 28.3 Å². The molecule has 0 aromatic rings. The first kappa shape index (κ1) is 16.2. The fraction of sp³-hybridized carbons (Fsp3) is 0.846. The molecule has 0 bridgehead atoms. The Morgan fingerprint density at radius 1 is 1.42 bits per heavy atom. The van der Waals surface area contributed by atoms with Crippen LogP contribution in [0.5, 0.6) is 0 Å². The molecule has 6 heteroatoms. The molecule has 5 nitrogen and oxygen atoms in total. The van der Waals surface area contributed by atoms with Gasteiger partial charge in [0.2, 0.25) is 0 Å². The molecule has 1 rings (SSSR count). The molecule has 0 amide bonds. The number of carbonyl (C=O) groups excluding carboxylic acids is 2. The molecule has 0 saturated heterocycles. The van der Waals surface area contributed by atoms with Crippen molar-refractivity contribution < 1.29 is 24.2 Å². The number of ether oxygens (including phenoxy) is 2. The summed E-state index contributed by atoms with van der Waals surface area (Å²) in [5.74, 6) is -1.65. The zero-order valence-corrected chi connectivity index (χ0v) is 12.5. The SMILES string of the molecule is CCOC(=O)[C@@H](O)[C@](Cl)(C(=O)OC)C1(C(C)C)CC1. The van der Waals surface area contributed by atoms with Gasteiger partial charge in [0.25, 0.3) is 0 Å². The lowest BCUT2D eigenvalue weighted by Crippen LogP contribution is -2.57. The van der Waals surface area contributed by atoms with Crippen LogP contribution < -0.4 is 0 Å². The second kappa shape index (κ2) is 5.67. The zero-order valence-electron chi connectivity index (χ0n) is 11.7. The van der Waals surface area contributed by atoms with Crippen molar-refractivity contribution in [2.24, 2.45) is 11.3 Å². The smallest absolute Gasteiger partial charge is 0.337 e. The van der Waals surface area contributed by atoms with Crippen LogP contribution in [-0.2, 0) is 19.1 Å². The van der Waals surface area contributed by atoms with E-state index in [1.807, 2.05) is 13.8 Å². The van der Waals surface area contributed by atoms with Gasteiger partial charge in [0, 0.05) is 5.41 Å². The van der Waals surface area contributed by atoms with Gasteiger partial charge in [-0.2, -0.15) is 0 Å². The summed E-state index contributed by atoms with van der Waals surface area (Å²) in [6.45, 7) is 5.54. The summed E-state index contributed by atoms with van der Waals surface area (Å²) < 4.78 is 9.47. The van der Waals surface area contributed by atoms with Crippen LogP contribution >= 0.6 is 11.6 Å². The van der Waals surface area contributed by atoms with Gasteiger partial charge in [-0.1, -0.05) is 13.8 Å². The van der Waals surface area contributed by atoms with E-state index in [9.17, 15) is 14.7 Å². The molecule has 1 aliphatic carbocycles. The number of aliphatic hydroxyl groups is 1. The highest BCUT2D eigenvalue weighted by atomic mass is 35.5. The highest BCUT2D eigenvalue weighted by Gasteiger charge is 2.69. The van der Waals surface area contributed by atoms with Crippen LogP contribution in [0.1, 0.15) is 33.6 Å². The van der Waals surface area contributed by atoms with Gasteiger partial charge < -0.3 is 14.6 Å². The van der Waals surface area contributed by atoms with Crippen molar-refractivity contribution in [3.8, 4) is 0 Å². The van der Waals surface area contributed by atoms with Crippen molar-refractivity contribution in [3.63, 3.8) is 0 Å². The van der Waals surface area contributed by atoms with Gasteiger partial charge in [-0.15, -0.1) is 11.6 Å². The van der Waals surface area contributed by atoms with Crippen molar-refractivity contribution in [2.45, 2.75) is 44.6 Å². The Bertz CT molecular complexity index is 364. The number of methoxy groups -OCH3 is 1. The third-order valence-electron chi connectivity index (χ3n) is 3.99. The molecule has 1 fully saturated rings. The topological polar surface area (TPSA) is 72.8 Å². The molecule has 0 aromatic carbocycles. The Morgan fingerprint density at radius 3 is 2.26 bits per heavy atom. The van der Waals surface area contributed by atoms with Gasteiger partial charge in [-0.25, -0.2) is 4.79 Å². The van der Waals surface area contributed by atoms with Crippen LogP contribution in [0, 0.1) is 11.3 Å². The van der Waals surface area contributed by atoms with Crippen LogP contribution in [-0.4, -0.2) is 41.7 Å². The van der Waals surface area contributed by atoms with Gasteiger partial charge in [-0.3, -0.25) is 4.79 Å². The number of hydrogen-bond donors (Lipinski definition) is 1. The first-order valence-electron chi connectivity index (χ1n) is 6.40. The molecule has 2 atom stereocenters. The molecule has 1 N–H and O–H groups in total. The maximum atomic E-state index is 12.1. The van der Waals surface area contributed by atoms with Crippen LogP contribution in [0.2, 0.25) is 0 Å². The molecule has 1 saturated carbocycles. The lowest BCUT2D eigenvalue weighted by Gasteiger charge is -2.38. The number of halogens is 1. The first-order chi connectivity index (χ1) is 8.77. The Morgan fingerprint density at radius 2 is 1.95 bits per heavy atom. The third-order valence-corrected chi connectivity index (χ3v) is 4.72. The summed E-state index contributed by atoms with van der Waals surface area (Å²) in [4.78, 5) is 22.0. The van der Waals surface area contributed by atoms with E-state index in [1.165, 1.54) is 7.11 Å². The zero-order chi connectivity index (χ0) is 14.8. The molecule has 1 aliphatic rings. The summed E-state index contributed by atoms with van der Waals surface area (Å²) in [5.41, 5.74) is -0.631. The average Bonchev–Trinajstić information content (AvgIpc) is 3.17. The standard InChI is InChI=1S/C13H21ClO5/c1-5-19-10(16)9(15)13(14,11(17)18-4)12(6-7-12)8(2)3/h8-9,15H,5-7H2,1-4H3/t9-,13+/m1/s1. The summed E-state index contributed by atoms with van der Waals surface area (Å²) in [6.07, 6.45) is -0.397. The molecule has 0 aromatic heterocycles. The Labute approximate surface area is 118 Å². The van der Waals surface area contributed by atoms with Gasteiger partial charge in [0.15, 0.2) is 11.0 Å². The van der Waals surface area contributed by atoms with Crippen molar-refractivity contribution in [3.05, 3.63) is 0 Å². The molecular formula is C13H21ClO5. The van der Waals surface area contributed by atoms with Crippen molar-refractivity contribution in [1.29, 1.82) is 0 Å². The minimum atomic E-state index is -1.79. The molecule has 110 valence electrons.